The van der Waals surface area contributed by atoms with Crippen LogP contribution in [0, 0.1) is 0 Å². The van der Waals surface area contributed by atoms with Crippen molar-refractivity contribution in [3.63, 3.8) is 0 Å². The van der Waals surface area contributed by atoms with E-state index in [1.54, 1.807) is 0 Å². The Morgan fingerprint density at radius 2 is 2.17 bits per heavy atom. The molecule has 1 saturated heterocycles. The number of nitrogens with zero attached hydrogens (tertiary/aromatic N) is 1. The first-order valence-electron chi connectivity index (χ1n) is 6.52. The van der Waals surface area contributed by atoms with Gasteiger partial charge in [-0.15, -0.1) is 0 Å². The number of morpholine rings is 1. The first kappa shape index (κ1) is 11.7. The van der Waals surface area contributed by atoms with Crippen molar-refractivity contribution in [3.05, 3.63) is 35.4 Å². The summed E-state index contributed by atoms with van der Waals surface area (Å²) in [5.41, 5.74) is 2.63. The van der Waals surface area contributed by atoms with Crippen LogP contribution in [0.1, 0.15) is 11.1 Å². The van der Waals surface area contributed by atoms with E-state index in [9.17, 15) is 4.79 Å². The van der Waals surface area contributed by atoms with E-state index in [0.29, 0.717) is 13.2 Å². The van der Waals surface area contributed by atoms with Crippen molar-refractivity contribution >= 4 is 5.91 Å². The lowest BCUT2D eigenvalue weighted by Gasteiger charge is -2.33. The molecule has 1 aromatic carbocycles. The predicted molar refractivity (Wildman–Crippen MR) is 68.2 cm³/mol. The molecule has 0 bridgehead atoms. The standard InChI is InChI=1S/C14H18N2O2/c17-14(13-9-15-6-8-18-13)16-7-5-11-3-1-2-4-12(11)10-16/h1-4,13,15H,5-10H2/t13-/m0/s1. The van der Waals surface area contributed by atoms with Crippen LogP contribution in [0.3, 0.4) is 0 Å². The maximum atomic E-state index is 12.3. The highest BCUT2D eigenvalue weighted by Gasteiger charge is 2.28. The molecule has 18 heavy (non-hydrogen) atoms. The van der Waals surface area contributed by atoms with Crippen molar-refractivity contribution < 1.29 is 9.53 Å². The third-order valence-electron chi connectivity index (χ3n) is 3.65. The Labute approximate surface area is 107 Å². The second kappa shape index (κ2) is 5.08. The number of hydrogen-bond acceptors (Lipinski definition) is 3. The van der Waals surface area contributed by atoms with Crippen LogP contribution in [0.4, 0.5) is 0 Å². The summed E-state index contributed by atoms with van der Waals surface area (Å²) in [7, 11) is 0. The summed E-state index contributed by atoms with van der Waals surface area (Å²) in [5, 5.41) is 3.20. The summed E-state index contributed by atoms with van der Waals surface area (Å²) in [6, 6.07) is 8.35. The molecule has 0 saturated carbocycles. The van der Waals surface area contributed by atoms with Gasteiger partial charge in [-0.25, -0.2) is 0 Å². The molecule has 1 aromatic rings. The number of nitrogens with one attached hydrogen (secondary N) is 1. The van der Waals surface area contributed by atoms with Crippen molar-refractivity contribution in [3.8, 4) is 0 Å². The smallest absolute Gasteiger partial charge is 0.253 e. The molecule has 0 aliphatic carbocycles. The van der Waals surface area contributed by atoms with Crippen LogP contribution in [0.25, 0.3) is 0 Å². The van der Waals surface area contributed by atoms with Crippen LogP contribution in [-0.4, -0.2) is 43.2 Å². The SMILES string of the molecule is O=C([C@@H]1CNCCO1)N1CCc2ccccc2C1. The fraction of sp³-hybridized carbons (Fsp3) is 0.500. The minimum Gasteiger partial charge on any atom is -0.366 e. The predicted octanol–water partition coefficient (Wildman–Crippen LogP) is 0.560. The molecule has 0 aromatic heterocycles. The molecule has 2 aliphatic rings. The van der Waals surface area contributed by atoms with E-state index in [4.69, 9.17) is 4.74 Å². The number of amides is 1. The van der Waals surface area contributed by atoms with E-state index in [1.165, 1.54) is 11.1 Å². The molecule has 2 heterocycles. The molecule has 1 fully saturated rings. The Morgan fingerprint density at radius 3 is 2.94 bits per heavy atom. The van der Waals surface area contributed by atoms with Gasteiger partial charge in [0.05, 0.1) is 6.61 Å². The zero-order chi connectivity index (χ0) is 12.4. The van der Waals surface area contributed by atoms with E-state index >= 15 is 0 Å². The van der Waals surface area contributed by atoms with Gasteiger partial charge in [-0.05, 0) is 17.5 Å². The zero-order valence-corrected chi connectivity index (χ0v) is 10.4. The van der Waals surface area contributed by atoms with Crippen LogP contribution in [0.5, 0.6) is 0 Å². The Balaban J connectivity index is 1.69. The van der Waals surface area contributed by atoms with Crippen LogP contribution in [-0.2, 0) is 22.5 Å². The number of fused-ring (bicyclic) bond motifs is 1. The van der Waals surface area contributed by atoms with Gasteiger partial charge in [-0.2, -0.15) is 0 Å². The van der Waals surface area contributed by atoms with E-state index in [2.05, 4.69) is 23.5 Å². The molecular weight excluding hydrogens is 228 g/mol. The molecule has 1 N–H and O–H groups in total. The molecule has 4 heteroatoms. The van der Waals surface area contributed by atoms with Gasteiger partial charge in [-0.1, -0.05) is 24.3 Å². The van der Waals surface area contributed by atoms with E-state index in [-0.39, 0.29) is 12.0 Å². The molecule has 0 spiro atoms. The van der Waals surface area contributed by atoms with Gasteiger partial charge in [0.2, 0.25) is 0 Å². The lowest BCUT2D eigenvalue weighted by molar-refractivity contribution is -0.146. The fourth-order valence-electron chi connectivity index (χ4n) is 2.61. The third kappa shape index (κ3) is 2.26. The number of benzene rings is 1. The Morgan fingerprint density at radius 1 is 1.33 bits per heavy atom. The first-order chi connectivity index (χ1) is 8.84. The largest absolute Gasteiger partial charge is 0.366 e. The summed E-state index contributed by atoms with van der Waals surface area (Å²) in [6.07, 6.45) is 0.645. The minimum atomic E-state index is -0.302. The molecule has 2 aliphatic heterocycles. The van der Waals surface area contributed by atoms with Gasteiger partial charge >= 0.3 is 0 Å². The molecule has 1 amide bonds. The Kier molecular flexibility index (Phi) is 3.30. The van der Waals surface area contributed by atoms with Gasteiger partial charge in [0.1, 0.15) is 6.10 Å². The number of carbonyl (C=O) groups excluding carboxylic acids is 1. The Hall–Kier alpha value is -1.39. The maximum absolute atomic E-state index is 12.3. The highest BCUT2D eigenvalue weighted by molar-refractivity contribution is 5.81. The van der Waals surface area contributed by atoms with Crippen LogP contribution in [0.2, 0.25) is 0 Å². The van der Waals surface area contributed by atoms with Gasteiger partial charge in [0, 0.05) is 26.2 Å². The highest BCUT2D eigenvalue weighted by atomic mass is 16.5. The van der Waals surface area contributed by atoms with E-state index < -0.39 is 0 Å². The molecule has 96 valence electrons. The lowest BCUT2D eigenvalue weighted by Crippen LogP contribution is -2.50. The number of rotatable bonds is 1. The van der Waals surface area contributed by atoms with Gasteiger partial charge < -0.3 is 15.0 Å². The van der Waals surface area contributed by atoms with Gasteiger partial charge in [-0.3, -0.25) is 4.79 Å². The van der Waals surface area contributed by atoms with Gasteiger partial charge in [0.15, 0.2) is 0 Å². The highest BCUT2D eigenvalue weighted by Crippen LogP contribution is 2.19. The molecule has 0 radical (unpaired) electrons. The normalized spacial score (nSPS) is 23.6. The van der Waals surface area contributed by atoms with Gasteiger partial charge in [0.25, 0.3) is 5.91 Å². The van der Waals surface area contributed by atoms with E-state index in [0.717, 1.165) is 26.1 Å². The van der Waals surface area contributed by atoms with Crippen LogP contribution >= 0.6 is 0 Å². The second-order valence-electron chi connectivity index (χ2n) is 4.84. The molecule has 0 unspecified atom stereocenters. The molecule has 3 rings (SSSR count). The Bertz CT molecular complexity index is 441. The first-order valence-corrected chi connectivity index (χ1v) is 6.52. The third-order valence-corrected chi connectivity index (χ3v) is 3.65. The monoisotopic (exact) mass is 246 g/mol. The van der Waals surface area contributed by atoms with E-state index in [1.807, 2.05) is 11.0 Å². The summed E-state index contributed by atoms with van der Waals surface area (Å²) < 4.78 is 5.53. The molecule has 4 nitrogen and oxygen atoms in total. The number of ether oxygens (including phenoxy) is 1. The summed E-state index contributed by atoms with van der Waals surface area (Å²) >= 11 is 0. The zero-order valence-electron chi connectivity index (χ0n) is 10.4. The number of hydrogen-bond donors (Lipinski definition) is 1. The van der Waals surface area contributed by atoms with Crippen molar-refractivity contribution in [2.24, 2.45) is 0 Å². The topological polar surface area (TPSA) is 41.6 Å². The van der Waals surface area contributed by atoms with Crippen LogP contribution in [0.15, 0.2) is 24.3 Å². The maximum Gasteiger partial charge on any atom is 0.253 e. The lowest BCUT2D eigenvalue weighted by atomic mass is 9.99. The average Bonchev–Trinajstić information content (AvgIpc) is 2.47. The molecular formula is C14H18N2O2. The van der Waals surface area contributed by atoms with Crippen molar-refractivity contribution in [2.45, 2.75) is 19.1 Å². The molecule has 1 atom stereocenters. The summed E-state index contributed by atoms with van der Waals surface area (Å²) in [6.45, 7) is 3.62. The van der Waals surface area contributed by atoms with Crippen LogP contribution < -0.4 is 5.32 Å². The van der Waals surface area contributed by atoms with Crippen molar-refractivity contribution in [1.82, 2.24) is 10.2 Å². The van der Waals surface area contributed by atoms with Crippen molar-refractivity contribution in [1.29, 1.82) is 0 Å². The summed E-state index contributed by atoms with van der Waals surface area (Å²) in [4.78, 5) is 14.2. The summed E-state index contributed by atoms with van der Waals surface area (Å²) in [5.74, 6) is 0.122. The fourth-order valence-corrected chi connectivity index (χ4v) is 2.61. The average molecular weight is 246 g/mol. The second-order valence-corrected chi connectivity index (χ2v) is 4.84. The van der Waals surface area contributed by atoms with Crippen molar-refractivity contribution in [2.75, 3.05) is 26.2 Å². The quantitative estimate of drug-likeness (QED) is 0.787. The number of carbonyl (C=O) groups is 1. The minimum absolute atomic E-state index is 0.122.